The number of nitrogens with one attached hydrogen (secondary N) is 2. The van der Waals surface area contributed by atoms with Crippen LogP contribution in [0.5, 0.6) is 0 Å². The molecule has 1 aliphatic carbocycles. The Hall–Kier alpha value is -3.30. The van der Waals surface area contributed by atoms with E-state index in [0.717, 1.165) is 50.5 Å². The van der Waals surface area contributed by atoms with E-state index >= 15 is 0 Å². The Morgan fingerprint density at radius 1 is 1.15 bits per heavy atom. The first kappa shape index (κ1) is 31.2. The molecule has 15 heteroatoms. The van der Waals surface area contributed by atoms with E-state index < -0.39 is 54.4 Å². The maximum atomic E-state index is 12.3. The van der Waals surface area contributed by atoms with Crippen LogP contribution in [0.1, 0.15) is 64.8 Å². The summed E-state index contributed by atoms with van der Waals surface area (Å²) in [5.41, 5.74) is 5.93. The number of rotatable bonds is 16. The van der Waals surface area contributed by atoms with E-state index in [1.165, 1.54) is 22.5 Å². The van der Waals surface area contributed by atoms with Gasteiger partial charge in [-0.25, -0.2) is 19.4 Å². The smallest absolute Gasteiger partial charge is 0.326 e. The Balaban J connectivity index is 1.79. The van der Waals surface area contributed by atoms with Crippen molar-refractivity contribution >= 4 is 46.5 Å². The number of anilines is 1. The number of carbonyl (C=O) groups is 3. The van der Waals surface area contributed by atoms with Gasteiger partial charge in [-0.15, -0.1) is 5.10 Å². The Labute approximate surface area is 236 Å². The molecule has 1 unspecified atom stereocenters. The van der Waals surface area contributed by atoms with E-state index in [1.54, 1.807) is 0 Å². The maximum Gasteiger partial charge on any atom is 0.326 e. The van der Waals surface area contributed by atoms with Gasteiger partial charge in [-0.1, -0.05) is 56.2 Å². The van der Waals surface area contributed by atoms with Gasteiger partial charge in [0.25, 0.3) is 0 Å². The van der Waals surface area contributed by atoms with Crippen LogP contribution in [0.25, 0.3) is 11.2 Å². The predicted octanol–water partition coefficient (Wildman–Crippen LogP) is 0.999. The summed E-state index contributed by atoms with van der Waals surface area (Å²) in [6.07, 6.45) is 4.99. The summed E-state index contributed by atoms with van der Waals surface area (Å²) in [6, 6.07) is -2.16. The third-order valence-corrected chi connectivity index (χ3v) is 7.64. The molecule has 2 aromatic rings. The monoisotopic (exact) mass is 578 g/mol. The van der Waals surface area contributed by atoms with Crippen LogP contribution in [0.3, 0.4) is 0 Å². The minimum absolute atomic E-state index is 0.218. The van der Waals surface area contributed by atoms with Crippen molar-refractivity contribution in [1.82, 2.24) is 30.3 Å². The van der Waals surface area contributed by atoms with Crippen molar-refractivity contribution < 1.29 is 29.7 Å². The zero-order valence-corrected chi connectivity index (χ0v) is 23.5. The summed E-state index contributed by atoms with van der Waals surface area (Å²) in [5, 5.41) is 45.4. The van der Waals surface area contributed by atoms with Gasteiger partial charge in [0.2, 0.25) is 11.8 Å². The molecule has 7 N–H and O–H groups in total. The van der Waals surface area contributed by atoms with Gasteiger partial charge in [-0.3, -0.25) is 9.59 Å². The molecule has 0 aromatic carbocycles. The van der Waals surface area contributed by atoms with Crippen molar-refractivity contribution in [1.29, 1.82) is 0 Å². The van der Waals surface area contributed by atoms with Crippen molar-refractivity contribution in [2.45, 2.75) is 88.2 Å². The summed E-state index contributed by atoms with van der Waals surface area (Å²) >= 11 is 1.51. The zero-order chi connectivity index (χ0) is 29.2. The SMILES string of the molecule is CCCCCCNc1nc(SCCC)nc2c1nnn2[C@H]1C[C@@H](/C=C/C(=O)N[C@@H](CC(N)=O)C(=O)O)C(O)[C@@H]1O. The van der Waals surface area contributed by atoms with Crippen LogP contribution in [-0.2, 0) is 14.4 Å². The summed E-state index contributed by atoms with van der Waals surface area (Å²) in [6.45, 7) is 4.94. The number of nitrogens with two attached hydrogens (primary N) is 1. The zero-order valence-electron chi connectivity index (χ0n) is 22.7. The van der Waals surface area contributed by atoms with Crippen LogP contribution < -0.4 is 16.4 Å². The van der Waals surface area contributed by atoms with Gasteiger partial charge in [0.05, 0.1) is 18.6 Å². The molecule has 3 rings (SSSR count). The van der Waals surface area contributed by atoms with Crippen LogP contribution in [-0.4, -0.2) is 88.6 Å². The average Bonchev–Trinajstić information content (AvgIpc) is 3.45. The second-order valence-electron chi connectivity index (χ2n) is 9.77. The number of hydrogen-bond acceptors (Lipinski definition) is 11. The molecule has 14 nitrogen and oxygen atoms in total. The fraction of sp³-hybridized carbons (Fsp3) is 0.640. The highest BCUT2D eigenvalue weighted by molar-refractivity contribution is 7.99. The van der Waals surface area contributed by atoms with E-state index in [2.05, 4.69) is 44.8 Å². The number of nitrogens with zero attached hydrogens (tertiary/aromatic N) is 5. The molecule has 0 aliphatic heterocycles. The second-order valence-corrected chi connectivity index (χ2v) is 10.8. The molecule has 2 amide bonds. The topological polar surface area (TPSA) is 218 Å². The van der Waals surface area contributed by atoms with Crippen LogP contribution in [0, 0.1) is 5.92 Å². The minimum Gasteiger partial charge on any atom is -0.480 e. The lowest BCUT2D eigenvalue weighted by Gasteiger charge is -2.17. The molecular weight excluding hydrogens is 540 g/mol. The molecule has 1 aliphatic rings. The number of aliphatic carboxylic acids is 1. The van der Waals surface area contributed by atoms with E-state index in [9.17, 15) is 29.7 Å². The third-order valence-electron chi connectivity index (χ3n) is 6.59. The fourth-order valence-corrected chi connectivity index (χ4v) is 5.17. The lowest BCUT2D eigenvalue weighted by atomic mass is 10.0. The molecular formula is C25H38N8O6S. The minimum atomic E-state index is -1.48. The summed E-state index contributed by atoms with van der Waals surface area (Å²) in [7, 11) is 0. The highest BCUT2D eigenvalue weighted by Gasteiger charge is 2.43. The number of amides is 2. The molecule has 2 aromatic heterocycles. The number of hydrogen-bond donors (Lipinski definition) is 6. The van der Waals surface area contributed by atoms with E-state index in [4.69, 9.17) is 5.73 Å². The van der Waals surface area contributed by atoms with Crippen molar-refractivity contribution in [2.24, 2.45) is 11.7 Å². The summed E-state index contributed by atoms with van der Waals surface area (Å²) < 4.78 is 1.49. The highest BCUT2D eigenvalue weighted by Crippen LogP contribution is 2.37. The lowest BCUT2D eigenvalue weighted by Crippen LogP contribution is -2.42. The number of carboxylic acids is 1. The van der Waals surface area contributed by atoms with Gasteiger partial charge in [-0.05, 0) is 25.3 Å². The number of fused-ring (bicyclic) bond motifs is 1. The number of thioether (sulfide) groups is 1. The molecule has 2 heterocycles. The molecule has 0 spiro atoms. The molecule has 1 fully saturated rings. The van der Waals surface area contributed by atoms with E-state index in [0.29, 0.717) is 22.1 Å². The van der Waals surface area contributed by atoms with E-state index in [1.807, 2.05) is 0 Å². The molecule has 5 atom stereocenters. The summed E-state index contributed by atoms with van der Waals surface area (Å²) in [4.78, 5) is 43.9. The molecule has 0 radical (unpaired) electrons. The standard InChI is InChI=1S/C25H38N8O6S/c1-3-5-6-7-10-27-22-19-23(30-25(29-22)40-11-4-2)33(32-31-19)16-12-14(20(36)21(16)37)8-9-18(35)28-15(24(38)39)13-17(26)34/h8-9,14-16,20-21,36-37H,3-7,10-13H2,1-2H3,(H2,26,34)(H,28,35)(H,38,39)(H,27,29,30)/b9-8+/t14-,15+,16+,20?,21-/m1/s1. The molecule has 0 bridgehead atoms. The number of carbonyl (C=O) groups excluding carboxylic acids is 2. The first-order valence-electron chi connectivity index (χ1n) is 13.5. The highest BCUT2D eigenvalue weighted by atomic mass is 32.2. The fourth-order valence-electron chi connectivity index (χ4n) is 4.48. The number of aromatic nitrogens is 5. The van der Waals surface area contributed by atoms with Gasteiger partial charge in [0, 0.05) is 18.2 Å². The molecule has 220 valence electrons. The van der Waals surface area contributed by atoms with Crippen LogP contribution in [0.2, 0.25) is 0 Å². The number of aliphatic hydroxyl groups excluding tert-OH is 2. The molecule has 40 heavy (non-hydrogen) atoms. The first-order chi connectivity index (χ1) is 19.2. The Morgan fingerprint density at radius 3 is 2.60 bits per heavy atom. The van der Waals surface area contributed by atoms with Gasteiger partial charge in [0.15, 0.2) is 22.1 Å². The first-order valence-corrected chi connectivity index (χ1v) is 14.5. The van der Waals surface area contributed by atoms with Gasteiger partial charge >= 0.3 is 5.97 Å². The van der Waals surface area contributed by atoms with Gasteiger partial charge in [-0.2, -0.15) is 0 Å². The van der Waals surface area contributed by atoms with E-state index in [-0.39, 0.29) is 6.42 Å². The van der Waals surface area contributed by atoms with Crippen molar-refractivity contribution in [2.75, 3.05) is 17.6 Å². The third kappa shape index (κ3) is 8.11. The summed E-state index contributed by atoms with van der Waals surface area (Å²) in [5.74, 6) is -2.30. The number of unbranched alkanes of at least 4 members (excludes halogenated alkanes) is 3. The Bertz CT molecular complexity index is 1210. The number of primary amides is 1. The second kappa shape index (κ2) is 14.9. The van der Waals surface area contributed by atoms with Crippen LogP contribution >= 0.6 is 11.8 Å². The van der Waals surface area contributed by atoms with Crippen molar-refractivity contribution in [3.05, 3.63) is 12.2 Å². The molecule has 1 saturated carbocycles. The molecule has 0 saturated heterocycles. The van der Waals surface area contributed by atoms with Crippen molar-refractivity contribution in [3.63, 3.8) is 0 Å². The van der Waals surface area contributed by atoms with Gasteiger partial charge in [0.1, 0.15) is 12.1 Å². The van der Waals surface area contributed by atoms with Crippen LogP contribution in [0.15, 0.2) is 17.3 Å². The van der Waals surface area contributed by atoms with Crippen molar-refractivity contribution in [3.8, 4) is 0 Å². The Kier molecular flexibility index (Phi) is 11.6. The normalized spacial score (nSPS) is 21.6. The maximum absolute atomic E-state index is 12.3. The Morgan fingerprint density at radius 2 is 1.93 bits per heavy atom. The number of aliphatic hydroxyl groups is 2. The van der Waals surface area contributed by atoms with Crippen LogP contribution in [0.4, 0.5) is 5.82 Å². The lowest BCUT2D eigenvalue weighted by molar-refractivity contribution is -0.142. The average molecular weight is 579 g/mol. The largest absolute Gasteiger partial charge is 0.480 e. The quantitative estimate of drug-likeness (QED) is 0.0711. The number of carboxylic acid groups (broad SMARTS) is 1. The van der Waals surface area contributed by atoms with Gasteiger partial charge < -0.3 is 31.7 Å². The predicted molar refractivity (Wildman–Crippen MR) is 148 cm³/mol.